The Hall–Kier alpha value is -0.610. The predicted molar refractivity (Wildman–Crippen MR) is 70.5 cm³/mol. The van der Waals surface area contributed by atoms with Gasteiger partial charge in [0.1, 0.15) is 0 Å². The van der Waals surface area contributed by atoms with Gasteiger partial charge in [0.15, 0.2) is 5.13 Å². The second-order valence-electron chi connectivity index (χ2n) is 4.82. The lowest BCUT2D eigenvalue weighted by Crippen LogP contribution is -2.30. The van der Waals surface area contributed by atoms with Crippen LogP contribution in [0.2, 0.25) is 0 Å². The Morgan fingerprint density at radius 3 is 2.88 bits per heavy atom. The number of hydrogen-bond acceptors (Lipinski definition) is 4. The molecule has 1 fully saturated rings. The molecular formula is C12H21N3S. The van der Waals surface area contributed by atoms with Gasteiger partial charge in [-0.2, -0.15) is 0 Å². The van der Waals surface area contributed by atoms with Gasteiger partial charge in [-0.15, -0.1) is 11.3 Å². The summed E-state index contributed by atoms with van der Waals surface area (Å²) in [7, 11) is 4.12. The fraction of sp³-hybridized carbons (Fsp3) is 0.750. The van der Waals surface area contributed by atoms with Gasteiger partial charge in [0.05, 0.1) is 5.69 Å². The highest BCUT2D eigenvalue weighted by Crippen LogP contribution is 2.28. The summed E-state index contributed by atoms with van der Waals surface area (Å²) in [6, 6.07) is 0. The van der Waals surface area contributed by atoms with Crippen molar-refractivity contribution < 1.29 is 0 Å². The lowest BCUT2D eigenvalue weighted by Gasteiger charge is -2.22. The van der Waals surface area contributed by atoms with Crippen molar-refractivity contribution >= 4 is 16.5 Å². The summed E-state index contributed by atoms with van der Waals surface area (Å²) in [6.07, 6.45) is 3.88. The topological polar surface area (TPSA) is 28.2 Å². The van der Waals surface area contributed by atoms with E-state index in [1.54, 1.807) is 0 Å². The van der Waals surface area contributed by atoms with Crippen LogP contribution >= 0.6 is 11.3 Å². The molecule has 0 amide bonds. The van der Waals surface area contributed by atoms with E-state index in [1.165, 1.54) is 42.9 Å². The summed E-state index contributed by atoms with van der Waals surface area (Å²) in [5.74, 6) is 0.808. The maximum atomic E-state index is 4.60. The zero-order chi connectivity index (χ0) is 11.5. The smallest absolute Gasteiger partial charge is 0.185 e. The van der Waals surface area contributed by atoms with Crippen molar-refractivity contribution in [3.05, 3.63) is 10.6 Å². The Kier molecular flexibility index (Phi) is 3.82. The van der Waals surface area contributed by atoms with Gasteiger partial charge in [0.25, 0.3) is 0 Å². The molecule has 90 valence electrons. The van der Waals surface area contributed by atoms with E-state index in [1.807, 2.05) is 11.3 Å². The molecular weight excluding hydrogens is 218 g/mol. The molecule has 2 rings (SSSR count). The van der Waals surface area contributed by atoms with E-state index in [9.17, 15) is 0 Å². The van der Waals surface area contributed by atoms with Crippen LogP contribution in [0.25, 0.3) is 0 Å². The Morgan fingerprint density at radius 2 is 2.31 bits per heavy atom. The van der Waals surface area contributed by atoms with Crippen LogP contribution in [0.4, 0.5) is 5.13 Å². The van der Waals surface area contributed by atoms with Crippen LogP contribution in [-0.2, 0) is 6.42 Å². The number of rotatable bonds is 3. The van der Waals surface area contributed by atoms with Crippen LogP contribution in [0.3, 0.4) is 0 Å². The zero-order valence-corrected chi connectivity index (χ0v) is 11.2. The van der Waals surface area contributed by atoms with Crippen molar-refractivity contribution in [1.82, 2.24) is 10.3 Å². The summed E-state index contributed by atoms with van der Waals surface area (Å²) in [5.41, 5.74) is 1.22. The number of hydrogen-bond donors (Lipinski definition) is 1. The highest BCUT2D eigenvalue weighted by atomic mass is 32.1. The van der Waals surface area contributed by atoms with Crippen LogP contribution in [0, 0.1) is 12.8 Å². The molecule has 2 heterocycles. The van der Waals surface area contributed by atoms with Gasteiger partial charge in [-0.1, -0.05) is 0 Å². The molecule has 0 bridgehead atoms. The highest BCUT2D eigenvalue weighted by Gasteiger charge is 2.17. The van der Waals surface area contributed by atoms with Crippen molar-refractivity contribution in [3.63, 3.8) is 0 Å². The third-order valence-electron chi connectivity index (χ3n) is 3.14. The highest BCUT2D eigenvalue weighted by molar-refractivity contribution is 7.15. The minimum Gasteiger partial charge on any atom is -0.354 e. The van der Waals surface area contributed by atoms with Gasteiger partial charge >= 0.3 is 0 Å². The van der Waals surface area contributed by atoms with Crippen LogP contribution in [0.5, 0.6) is 0 Å². The molecule has 0 aromatic carbocycles. The van der Waals surface area contributed by atoms with Gasteiger partial charge in [0.2, 0.25) is 0 Å². The summed E-state index contributed by atoms with van der Waals surface area (Å²) >= 11 is 1.85. The number of aryl methyl sites for hydroxylation is 1. The number of aromatic nitrogens is 1. The molecule has 1 aromatic heterocycles. The lowest BCUT2D eigenvalue weighted by molar-refractivity contribution is 0.377. The Labute approximate surface area is 102 Å². The molecule has 0 aliphatic carbocycles. The van der Waals surface area contributed by atoms with E-state index < -0.39 is 0 Å². The van der Waals surface area contributed by atoms with Crippen LogP contribution in [0.15, 0.2) is 0 Å². The molecule has 1 aliphatic heterocycles. The second-order valence-corrected chi connectivity index (χ2v) is 5.88. The molecule has 1 unspecified atom stereocenters. The van der Waals surface area contributed by atoms with Gasteiger partial charge in [-0.3, -0.25) is 0 Å². The molecule has 16 heavy (non-hydrogen) atoms. The number of thiazole rings is 1. The first-order chi connectivity index (χ1) is 7.66. The molecule has 0 saturated carbocycles. The minimum absolute atomic E-state index is 0.808. The number of piperidine rings is 1. The molecule has 1 aliphatic rings. The number of nitrogens with zero attached hydrogens (tertiary/aromatic N) is 2. The van der Waals surface area contributed by atoms with E-state index in [0.717, 1.165) is 11.0 Å². The number of nitrogens with one attached hydrogen (secondary N) is 1. The van der Waals surface area contributed by atoms with E-state index in [0.29, 0.717) is 0 Å². The summed E-state index contributed by atoms with van der Waals surface area (Å²) in [4.78, 5) is 8.17. The van der Waals surface area contributed by atoms with Crippen molar-refractivity contribution in [2.75, 3.05) is 32.1 Å². The standard InChI is InChI=1S/C12H21N3S/c1-9-11(16-12(14-9)15(2)3)7-10-5-4-6-13-8-10/h10,13H,4-8H2,1-3H3. The Morgan fingerprint density at radius 1 is 1.50 bits per heavy atom. The largest absolute Gasteiger partial charge is 0.354 e. The SMILES string of the molecule is Cc1nc(N(C)C)sc1CC1CCCNC1. The second kappa shape index (κ2) is 5.15. The van der Waals surface area contributed by atoms with Crippen molar-refractivity contribution in [2.45, 2.75) is 26.2 Å². The van der Waals surface area contributed by atoms with Gasteiger partial charge < -0.3 is 10.2 Å². The molecule has 1 aromatic rings. The van der Waals surface area contributed by atoms with E-state index in [2.05, 4.69) is 36.2 Å². The summed E-state index contributed by atoms with van der Waals surface area (Å²) in [6.45, 7) is 4.50. The molecule has 0 radical (unpaired) electrons. The Balaban J connectivity index is 2.02. The first-order valence-corrected chi connectivity index (χ1v) is 6.83. The van der Waals surface area contributed by atoms with Crippen LogP contribution < -0.4 is 10.2 Å². The fourth-order valence-corrected chi connectivity index (χ4v) is 3.25. The normalized spacial score (nSPS) is 21.1. The lowest BCUT2D eigenvalue weighted by atomic mass is 9.95. The van der Waals surface area contributed by atoms with Crippen LogP contribution in [0.1, 0.15) is 23.4 Å². The molecule has 1 atom stereocenters. The number of anilines is 1. The van der Waals surface area contributed by atoms with Crippen molar-refractivity contribution in [1.29, 1.82) is 0 Å². The average Bonchev–Trinajstić information content (AvgIpc) is 2.62. The quantitative estimate of drug-likeness (QED) is 0.875. The minimum atomic E-state index is 0.808. The maximum Gasteiger partial charge on any atom is 0.185 e. The molecule has 4 heteroatoms. The first kappa shape index (κ1) is 11.9. The predicted octanol–water partition coefficient (Wildman–Crippen LogP) is 2.06. The van der Waals surface area contributed by atoms with Crippen molar-refractivity contribution in [3.8, 4) is 0 Å². The van der Waals surface area contributed by atoms with Gasteiger partial charge in [-0.05, 0) is 45.2 Å². The monoisotopic (exact) mass is 239 g/mol. The van der Waals surface area contributed by atoms with E-state index in [4.69, 9.17) is 0 Å². The van der Waals surface area contributed by atoms with Crippen molar-refractivity contribution in [2.24, 2.45) is 5.92 Å². The molecule has 0 spiro atoms. The van der Waals surface area contributed by atoms with E-state index in [-0.39, 0.29) is 0 Å². The Bertz CT molecular complexity index is 340. The molecule has 1 saturated heterocycles. The third-order valence-corrected chi connectivity index (χ3v) is 4.48. The van der Waals surface area contributed by atoms with Crippen LogP contribution in [-0.4, -0.2) is 32.2 Å². The third kappa shape index (κ3) is 2.74. The maximum absolute atomic E-state index is 4.60. The summed E-state index contributed by atoms with van der Waals surface area (Å²) < 4.78 is 0. The average molecular weight is 239 g/mol. The zero-order valence-electron chi connectivity index (χ0n) is 10.4. The molecule has 3 nitrogen and oxygen atoms in total. The first-order valence-electron chi connectivity index (χ1n) is 6.01. The fourth-order valence-electron chi connectivity index (χ4n) is 2.15. The van der Waals surface area contributed by atoms with Gasteiger partial charge in [-0.25, -0.2) is 4.98 Å². The van der Waals surface area contributed by atoms with Gasteiger partial charge in [0, 0.05) is 19.0 Å². The molecule has 1 N–H and O–H groups in total. The van der Waals surface area contributed by atoms with E-state index >= 15 is 0 Å². The summed E-state index contributed by atoms with van der Waals surface area (Å²) in [5, 5.41) is 4.61.